The summed E-state index contributed by atoms with van der Waals surface area (Å²) < 4.78 is 2.09. The summed E-state index contributed by atoms with van der Waals surface area (Å²) in [5.41, 5.74) is 6.78. The highest BCUT2D eigenvalue weighted by Gasteiger charge is 2.10. The number of hydrazone groups is 1. The number of aromatic nitrogens is 2. The number of hydrogen-bond acceptors (Lipinski definition) is 3. The molecule has 0 atom stereocenters. The zero-order valence-corrected chi connectivity index (χ0v) is 14.7. The first-order valence-corrected chi connectivity index (χ1v) is 8.13. The van der Waals surface area contributed by atoms with Crippen molar-refractivity contribution >= 4 is 23.7 Å². The summed E-state index contributed by atoms with van der Waals surface area (Å²) in [7, 11) is 0. The van der Waals surface area contributed by atoms with E-state index in [9.17, 15) is 4.79 Å². The van der Waals surface area contributed by atoms with E-state index in [0.717, 1.165) is 22.6 Å². The average molecular weight is 353 g/mol. The largest absolute Gasteiger partial charge is 0.318 e. The van der Waals surface area contributed by atoms with Crippen LogP contribution in [-0.4, -0.2) is 21.7 Å². The molecule has 0 spiro atoms. The lowest BCUT2D eigenvalue weighted by atomic mass is 10.2. The Labute approximate surface area is 151 Å². The van der Waals surface area contributed by atoms with Crippen LogP contribution in [0.25, 0.3) is 5.69 Å². The molecule has 0 radical (unpaired) electrons. The number of rotatable bonds is 4. The molecule has 0 fully saturated rings. The number of carbonyl (C=O) groups excluding carboxylic acids is 1. The molecule has 0 unspecified atom stereocenters. The molecule has 0 saturated carbocycles. The third kappa shape index (κ3) is 3.78. The van der Waals surface area contributed by atoms with Crippen LogP contribution in [0, 0.1) is 13.8 Å². The molecule has 25 heavy (non-hydrogen) atoms. The van der Waals surface area contributed by atoms with Gasteiger partial charge < -0.3 is 4.57 Å². The van der Waals surface area contributed by atoms with E-state index in [1.54, 1.807) is 30.6 Å². The van der Waals surface area contributed by atoms with Crippen molar-refractivity contribution in [1.82, 2.24) is 15.0 Å². The van der Waals surface area contributed by atoms with E-state index >= 15 is 0 Å². The van der Waals surface area contributed by atoms with Gasteiger partial charge in [0.25, 0.3) is 5.91 Å². The monoisotopic (exact) mass is 352 g/mol. The molecule has 5 nitrogen and oxygen atoms in total. The van der Waals surface area contributed by atoms with Gasteiger partial charge in [0.15, 0.2) is 0 Å². The third-order valence-electron chi connectivity index (χ3n) is 3.80. The minimum atomic E-state index is -0.347. The van der Waals surface area contributed by atoms with Gasteiger partial charge in [-0.05, 0) is 50.2 Å². The average Bonchev–Trinajstić information content (AvgIpc) is 2.89. The van der Waals surface area contributed by atoms with Gasteiger partial charge in [0.2, 0.25) is 0 Å². The van der Waals surface area contributed by atoms with Crippen LogP contribution in [0.5, 0.6) is 0 Å². The van der Waals surface area contributed by atoms with Gasteiger partial charge in [-0.15, -0.1) is 0 Å². The number of pyridine rings is 1. The lowest BCUT2D eigenvalue weighted by molar-refractivity contribution is 0.0950. The maximum Gasteiger partial charge on any atom is 0.289 e. The molecule has 0 saturated heterocycles. The fourth-order valence-corrected chi connectivity index (χ4v) is 2.83. The first-order chi connectivity index (χ1) is 12.1. The van der Waals surface area contributed by atoms with Crippen molar-refractivity contribution in [1.29, 1.82) is 0 Å². The lowest BCUT2D eigenvalue weighted by Gasteiger charge is -2.09. The molecule has 126 valence electrons. The summed E-state index contributed by atoms with van der Waals surface area (Å²) in [5, 5.41) is 4.72. The molecule has 6 heteroatoms. The topological polar surface area (TPSA) is 59.3 Å². The van der Waals surface area contributed by atoms with E-state index in [1.165, 1.54) is 0 Å². The number of nitrogens with one attached hydrogen (secondary N) is 1. The van der Waals surface area contributed by atoms with Crippen molar-refractivity contribution in [2.24, 2.45) is 5.10 Å². The van der Waals surface area contributed by atoms with Gasteiger partial charge in [0.05, 0.1) is 6.21 Å². The molecule has 1 N–H and O–H groups in total. The van der Waals surface area contributed by atoms with Crippen molar-refractivity contribution in [3.05, 3.63) is 82.4 Å². The van der Waals surface area contributed by atoms with Gasteiger partial charge in [-0.2, -0.15) is 5.10 Å². The van der Waals surface area contributed by atoms with Gasteiger partial charge >= 0.3 is 0 Å². The van der Waals surface area contributed by atoms with Gasteiger partial charge in [-0.3, -0.25) is 9.78 Å². The fraction of sp³-hybridized carbons (Fsp3) is 0.105. The Balaban J connectivity index is 1.80. The highest BCUT2D eigenvalue weighted by atomic mass is 35.5. The molecule has 0 aliphatic heterocycles. The Hall–Kier alpha value is -2.92. The van der Waals surface area contributed by atoms with E-state index in [4.69, 9.17) is 11.6 Å². The summed E-state index contributed by atoms with van der Waals surface area (Å²) >= 11 is 6.09. The van der Waals surface area contributed by atoms with Gasteiger partial charge in [-0.25, -0.2) is 5.43 Å². The Morgan fingerprint density at radius 1 is 1.20 bits per heavy atom. The zero-order chi connectivity index (χ0) is 17.8. The Morgan fingerprint density at radius 3 is 2.76 bits per heavy atom. The molecular weight excluding hydrogens is 336 g/mol. The molecule has 0 aliphatic carbocycles. The predicted octanol–water partition coefficient (Wildman–Crippen LogP) is 3.91. The van der Waals surface area contributed by atoms with Crippen molar-refractivity contribution < 1.29 is 4.79 Å². The number of aryl methyl sites for hydroxylation is 1. The number of halogens is 1. The highest BCUT2D eigenvalue weighted by molar-refractivity contribution is 6.30. The Bertz CT molecular complexity index is 932. The van der Waals surface area contributed by atoms with Crippen molar-refractivity contribution in [3.8, 4) is 5.69 Å². The molecule has 3 rings (SSSR count). The molecule has 0 bridgehead atoms. The van der Waals surface area contributed by atoms with Crippen LogP contribution < -0.4 is 5.43 Å². The van der Waals surface area contributed by atoms with E-state index in [2.05, 4.69) is 20.1 Å². The van der Waals surface area contributed by atoms with Crippen LogP contribution in [0.4, 0.5) is 0 Å². The van der Waals surface area contributed by atoms with Crippen LogP contribution in [0.15, 0.2) is 59.8 Å². The molecule has 1 amide bonds. The number of benzene rings is 1. The second kappa shape index (κ2) is 7.32. The summed E-state index contributed by atoms with van der Waals surface area (Å²) in [6, 6.07) is 14.8. The minimum Gasteiger partial charge on any atom is -0.318 e. The number of nitrogens with zero attached hydrogens (tertiary/aromatic N) is 3. The van der Waals surface area contributed by atoms with Gasteiger partial charge in [-0.1, -0.05) is 23.7 Å². The van der Waals surface area contributed by atoms with Crippen molar-refractivity contribution in [2.45, 2.75) is 13.8 Å². The summed E-state index contributed by atoms with van der Waals surface area (Å²) in [6.07, 6.45) is 3.20. The van der Waals surface area contributed by atoms with E-state index in [0.29, 0.717) is 10.7 Å². The number of hydrogen-bond donors (Lipinski definition) is 1. The molecule has 0 aliphatic rings. The normalized spacial score (nSPS) is 11.0. The van der Waals surface area contributed by atoms with Crippen LogP contribution in [-0.2, 0) is 0 Å². The van der Waals surface area contributed by atoms with E-state index in [-0.39, 0.29) is 5.91 Å². The van der Waals surface area contributed by atoms with Crippen molar-refractivity contribution in [3.63, 3.8) is 0 Å². The van der Waals surface area contributed by atoms with Crippen LogP contribution >= 0.6 is 11.6 Å². The maximum absolute atomic E-state index is 11.9. The van der Waals surface area contributed by atoms with E-state index in [1.807, 2.05) is 44.2 Å². The van der Waals surface area contributed by atoms with Gasteiger partial charge in [0.1, 0.15) is 5.69 Å². The maximum atomic E-state index is 11.9. The summed E-state index contributed by atoms with van der Waals surface area (Å²) in [6.45, 7) is 4.01. The molecule has 3 aromatic rings. The van der Waals surface area contributed by atoms with Crippen LogP contribution in [0.1, 0.15) is 27.4 Å². The minimum absolute atomic E-state index is 0.323. The number of amides is 1. The second-order valence-corrected chi connectivity index (χ2v) is 5.99. The quantitative estimate of drug-likeness (QED) is 0.571. The molecule has 1 aromatic carbocycles. The first kappa shape index (κ1) is 16.9. The van der Waals surface area contributed by atoms with Gasteiger partial charge in [0, 0.05) is 33.9 Å². The fourth-order valence-electron chi connectivity index (χ4n) is 2.65. The zero-order valence-electron chi connectivity index (χ0n) is 13.9. The van der Waals surface area contributed by atoms with Crippen molar-refractivity contribution in [2.75, 3.05) is 0 Å². The molecule has 2 aromatic heterocycles. The second-order valence-electron chi connectivity index (χ2n) is 5.56. The third-order valence-corrected chi connectivity index (χ3v) is 4.04. The summed E-state index contributed by atoms with van der Waals surface area (Å²) in [4.78, 5) is 15.9. The molecular formula is C19H17ClN4O. The SMILES string of the molecule is Cc1cc(/C=N/NC(=O)c2ccccn2)c(C)n1-c1cccc(Cl)c1. The lowest BCUT2D eigenvalue weighted by Crippen LogP contribution is -2.18. The summed E-state index contributed by atoms with van der Waals surface area (Å²) in [5.74, 6) is -0.347. The smallest absolute Gasteiger partial charge is 0.289 e. The Morgan fingerprint density at radius 2 is 2.04 bits per heavy atom. The highest BCUT2D eigenvalue weighted by Crippen LogP contribution is 2.22. The van der Waals surface area contributed by atoms with E-state index < -0.39 is 0 Å². The first-order valence-electron chi connectivity index (χ1n) is 7.75. The molecule has 2 heterocycles. The standard InChI is InChI=1S/C19H17ClN4O/c1-13-10-15(12-22-23-19(25)18-8-3-4-9-21-18)14(2)24(13)17-7-5-6-16(20)11-17/h3-12H,1-2H3,(H,23,25)/b22-12+. The Kier molecular flexibility index (Phi) is 4.95. The predicted molar refractivity (Wildman–Crippen MR) is 99.6 cm³/mol. The number of carbonyl (C=O) groups is 1. The van der Waals surface area contributed by atoms with Crippen LogP contribution in [0.3, 0.4) is 0 Å². The van der Waals surface area contributed by atoms with Crippen LogP contribution in [0.2, 0.25) is 5.02 Å².